The first-order chi connectivity index (χ1) is 7.77. The fraction of sp³-hybridized carbons (Fsp3) is 0.364. The summed E-state index contributed by atoms with van der Waals surface area (Å²) in [6.45, 7) is 1.50. The number of rotatable bonds is 1. The van der Waals surface area contributed by atoms with Crippen molar-refractivity contribution in [2.24, 2.45) is 0 Å². The standard InChI is InChI=1S/C11H14N2O3/c14-10-8-12-6-7-13(10)11(15)16-9-4-2-1-3-5-9/h1-5,10,12,14H,6-8H2. The zero-order chi connectivity index (χ0) is 11.4. The number of aliphatic hydroxyl groups is 1. The SMILES string of the molecule is O=C(Oc1ccccc1)N1CCNCC1O. The number of ether oxygens (including phenoxy) is 1. The van der Waals surface area contributed by atoms with Gasteiger partial charge in [-0.1, -0.05) is 18.2 Å². The third kappa shape index (κ3) is 2.50. The Bertz CT molecular complexity index is 356. The monoisotopic (exact) mass is 222 g/mol. The summed E-state index contributed by atoms with van der Waals surface area (Å²) in [5.74, 6) is 0.484. The van der Waals surface area contributed by atoms with E-state index in [-0.39, 0.29) is 0 Å². The smallest absolute Gasteiger partial charge is 0.410 e. The van der Waals surface area contributed by atoms with E-state index in [0.717, 1.165) is 0 Å². The van der Waals surface area contributed by atoms with Crippen molar-refractivity contribution in [3.05, 3.63) is 30.3 Å². The lowest BCUT2D eigenvalue weighted by Gasteiger charge is -2.31. The van der Waals surface area contributed by atoms with Crippen LogP contribution in [0.15, 0.2) is 30.3 Å². The lowest BCUT2D eigenvalue weighted by Crippen LogP contribution is -2.54. The number of hydrogen-bond donors (Lipinski definition) is 2. The number of amides is 1. The molecule has 0 radical (unpaired) electrons. The molecule has 1 aliphatic rings. The van der Waals surface area contributed by atoms with E-state index in [2.05, 4.69) is 5.32 Å². The molecule has 16 heavy (non-hydrogen) atoms. The molecule has 86 valence electrons. The van der Waals surface area contributed by atoms with Crippen molar-refractivity contribution in [3.8, 4) is 5.75 Å². The summed E-state index contributed by atoms with van der Waals surface area (Å²) in [6, 6.07) is 8.82. The minimum atomic E-state index is -0.815. The molecule has 1 aliphatic heterocycles. The molecule has 2 rings (SSSR count). The summed E-state index contributed by atoms with van der Waals surface area (Å²) in [7, 11) is 0. The maximum absolute atomic E-state index is 11.7. The lowest BCUT2D eigenvalue weighted by atomic mass is 10.3. The molecule has 5 heteroatoms. The van der Waals surface area contributed by atoms with Gasteiger partial charge < -0.3 is 15.2 Å². The van der Waals surface area contributed by atoms with Crippen molar-refractivity contribution in [2.45, 2.75) is 6.23 Å². The molecule has 1 unspecified atom stereocenters. The minimum absolute atomic E-state index is 0.379. The summed E-state index contributed by atoms with van der Waals surface area (Å²) in [5, 5.41) is 12.6. The van der Waals surface area contributed by atoms with Gasteiger partial charge in [-0.25, -0.2) is 4.79 Å². The molecule has 1 heterocycles. The Morgan fingerprint density at radius 3 is 2.88 bits per heavy atom. The third-order valence-corrected chi connectivity index (χ3v) is 2.40. The summed E-state index contributed by atoms with van der Waals surface area (Å²) in [6.07, 6.45) is -1.33. The first-order valence-corrected chi connectivity index (χ1v) is 5.19. The van der Waals surface area contributed by atoms with E-state index in [4.69, 9.17) is 4.74 Å². The number of piperazine rings is 1. The second-order valence-corrected chi connectivity index (χ2v) is 3.56. The van der Waals surface area contributed by atoms with Crippen LogP contribution >= 0.6 is 0 Å². The average Bonchev–Trinajstić information content (AvgIpc) is 2.31. The molecular weight excluding hydrogens is 208 g/mol. The Hall–Kier alpha value is -1.59. The number of carbonyl (C=O) groups is 1. The van der Waals surface area contributed by atoms with Gasteiger partial charge in [0.2, 0.25) is 0 Å². The molecule has 1 amide bonds. The van der Waals surface area contributed by atoms with Crippen molar-refractivity contribution in [2.75, 3.05) is 19.6 Å². The van der Waals surface area contributed by atoms with Crippen LogP contribution in [0.25, 0.3) is 0 Å². The molecule has 0 bridgehead atoms. The first kappa shape index (κ1) is 10.9. The van der Waals surface area contributed by atoms with Crippen LogP contribution in [0.1, 0.15) is 0 Å². The van der Waals surface area contributed by atoms with Crippen LogP contribution in [0.3, 0.4) is 0 Å². The maximum Gasteiger partial charge on any atom is 0.417 e. The number of hydrogen-bond acceptors (Lipinski definition) is 4. The van der Waals surface area contributed by atoms with Gasteiger partial charge in [-0.2, -0.15) is 0 Å². The van der Waals surface area contributed by atoms with E-state index in [9.17, 15) is 9.90 Å². The maximum atomic E-state index is 11.7. The molecule has 1 fully saturated rings. The Morgan fingerprint density at radius 2 is 2.19 bits per heavy atom. The second kappa shape index (κ2) is 4.96. The van der Waals surface area contributed by atoms with Crippen molar-refractivity contribution in [1.82, 2.24) is 10.2 Å². The number of nitrogens with one attached hydrogen (secondary N) is 1. The summed E-state index contributed by atoms with van der Waals surface area (Å²) in [5.41, 5.74) is 0. The quantitative estimate of drug-likeness (QED) is 0.722. The van der Waals surface area contributed by atoms with Crippen LogP contribution in [0.4, 0.5) is 4.79 Å². The summed E-state index contributed by atoms with van der Waals surface area (Å²) < 4.78 is 5.12. The average molecular weight is 222 g/mol. The molecule has 2 N–H and O–H groups in total. The summed E-state index contributed by atoms with van der Waals surface area (Å²) >= 11 is 0. The predicted molar refractivity (Wildman–Crippen MR) is 58.0 cm³/mol. The van der Waals surface area contributed by atoms with E-state index in [1.165, 1.54) is 4.90 Å². The molecule has 5 nitrogen and oxygen atoms in total. The molecule has 0 aromatic heterocycles. The highest BCUT2D eigenvalue weighted by atomic mass is 16.6. The van der Waals surface area contributed by atoms with Crippen molar-refractivity contribution in [1.29, 1.82) is 0 Å². The van der Waals surface area contributed by atoms with Gasteiger partial charge in [0.15, 0.2) is 0 Å². The van der Waals surface area contributed by atoms with Crippen LogP contribution in [0, 0.1) is 0 Å². The zero-order valence-corrected chi connectivity index (χ0v) is 8.80. The van der Waals surface area contributed by atoms with Crippen LogP contribution in [-0.4, -0.2) is 42.0 Å². The molecule has 0 aliphatic carbocycles. The van der Waals surface area contributed by atoms with Gasteiger partial charge >= 0.3 is 6.09 Å². The van der Waals surface area contributed by atoms with Gasteiger partial charge in [0.05, 0.1) is 0 Å². The van der Waals surface area contributed by atoms with Crippen LogP contribution < -0.4 is 10.1 Å². The van der Waals surface area contributed by atoms with E-state index < -0.39 is 12.3 Å². The zero-order valence-electron chi connectivity index (χ0n) is 8.80. The van der Waals surface area contributed by atoms with E-state index >= 15 is 0 Å². The van der Waals surface area contributed by atoms with Crippen molar-refractivity contribution < 1.29 is 14.6 Å². The predicted octanol–water partition coefficient (Wildman–Crippen LogP) is 0.409. The Labute approximate surface area is 93.6 Å². The Morgan fingerprint density at radius 1 is 1.44 bits per heavy atom. The number of benzene rings is 1. The normalized spacial score (nSPS) is 20.6. The number of carbonyl (C=O) groups excluding carboxylic acids is 1. The topological polar surface area (TPSA) is 61.8 Å². The fourth-order valence-electron chi connectivity index (χ4n) is 1.55. The molecule has 1 aromatic rings. The van der Waals surface area contributed by atoms with Crippen molar-refractivity contribution in [3.63, 3.8) is 0 Å². The lowest BCUT2D eigenvalue weighted by molar-refractivity contribution is 0.00116. The minimum Gasteiger partial charge on any atom is -0.410 e. The molecule has 0 spiro atoms. The van der Waals surface area contributed by atoms with Gasteiger partial charge in [-0.15, -0.1) is 0 Å². The highest BCUT2D eigenvalue weighted by Gasteiger charge is 2.25. The molecular formula is C11H14N2O3. The van der Waals surface area contributed by atoms with E-state index in [1.807, 2.05) is 6.07 Å². The van der Waals surface area contributed by atoms with Crippen LogP contribution in [0.2, 0.25) is 0 Å². The number of para-hydroxylation sites is 1. The summed E-state index contributed by atoms with van der Waals surface area (Å²) in [4.78, 5) is 13.0. The highest BCUT2D eigenvalue weighted by molar-refractivity contribution is 5.71. The van der Waals surface area contributed by atoms with E-state index in [0.29, 0.717) is 25.4 Å². The molecule has 1 aromatic carbocycles. The first-order valence-electron chi connectivity index (χ1n) is 5.19. The largest absolute Gasteiger partial charge is 0.417 e. The van der Waals surface area contributed by atoms with Crippen LogP contribution in [0.5, 0.6) is 5.75 Å². The van der Waals surface area contributed by atoms with Crippen LogP contribution in [-0.2, 0) is 0 Å². The van der Waals surface area contributed by atoms with Gasteiger partial charge in [-0.3, -0.25) is 4.90 Å². The van der Waals surface area contributed by atoms with Crippen molar-refractivity contribution >= 4 is 6.09 Å². The third-order valence-electron chi connectivity index (χ3n) is 2.40. The Kier molecular flexibility index (Phi) is 3.38. The highest BCUT2D eigenvalue weighted by Crippen LogP contribution is 2.11. The van der Waals surface area contributed by atoms with Gasteiger partial charge in [-0.05, 0) is 12.1 Å². The molecule has 1 atom stereocenters. The number of β-amino-alcohol motifs (C(OH)–C–C–N with tert-alkyl or cyclic N) is 1. The van der Waals surface area contributed by atoms with Gasteiger partial charge in [0.25, 0.3) is 0 Å². The Balaban J connectivity index is 1.97. The molecule has 0 saturated carbocycles. The number of nitrogens with zero attached hydrogens (tertiary/aromatic N) is 1. The van der Waals surface area contributed by atoms with Gasteiger partial charge in [0.1, 0.15) is 12.0 Å². The van der Waals surface area contributed by atoms with Gasteiger partial charge in [0, 0.05) is 19.6 Å². The molecule has 1 saturated heterocycles. The van der Waals surface area contributed by atoms with E-state index in [1.54, 1.807) is 24.3 Å². The fourth-order valence-corrected chi connectivity index (χ4v) is 1.55. The second-order valence-electron chi connectivity index (χ2n) is 3.56. The number of aliphatic hydroxyl groups excluding tert-OH is 1.